The van der Waals surface area contributed by atoms with Crippen LogP contribution in [0.25, 0.3) is 10.8 Å². The van der Waals surface area contributed by atoms with Gasteiger partial charge >= 0.3 is 0 Å². The van der Waals surface area contributed by atoms with Crippen LogP contribution in [0.1, 0.15) is 31.9 Å². The third kappa shape index (κ3) is 2.85. The summed E-state index contributed by atoms with van der Waals surface area (Å²) in [7, 11) is 0. The highest BCUT2D eigenvalue weighted by atomic mass is 32.1. The smallest absolute Gasteiger partial charge is 0.107 e. The van der Waals surface area contributed by atoms with E-state index in [0.29, 0.717) is 0 Å². The lowest BCUT2D eigenvalue weighted by molar-refractivity contribution is 0.447. The van der Waals surface area contributed by atoms with Crippen molar-refractivity contribution < 1.29 is 0 Å². The van der Waals surface area contributed by atoms with E-state index in [1.54, 1.807) is 0 Å². The summed E-state index contributed by atoms with van der Waals surface area (Å²) in [5.74, 6) is 0. The van der Waals surface area contributed by atoms with Crippen molar-refractivity contribution in [2.45, 2.75) is 31.8 Å². The molecule has 3 aromatic carbocycles. The zero-order chi connectivity index (χ0) is 19.3. The van der Waals surface area contributed by atoms with Gasteiger partial charge in [0.25, 0.3) is 0 Å². The molecule has 3 N–H and O–H groups in total. The Morgan fingerprint density at radius 2 is 1.61 bits per heavy atom. The molecule has 1 unspecified atom stereocenters. The molecule has 4 heteroatoms. The zero-order valence-corrected chi connectivity index (χ0v) is 16.9. The number of thiocarbonyl (C=S) groups is 1. The minimum atomic E-state index is -0.0779. The lowest BCUT2D eigenvalue weighted by Gasteiger charge is -2.37. The molecule has 0 aromatic heterocycles. The first-order valence-corrected chi connectivity index (χ1v) is 10.1. The van der Waals surface area contributed by atoms with Crippen LogP contribution in [0.4, 0.5) is 11.4 Å². The van der Waals surface area contributed by atoms with Crippen molar-refractivity contribution >= 4 is 39.4 Å². The van der Waals surface area contributed by atoms with Crippen molar-refractivity contribution in [2.24, 2.45) is 0 Å². The Morgan fingerprint density at radius 1 is 0.893 bits per heavy atom. The van der Waals surface area contributed by atoms with Gasteiger partial charge in [0.15, 0.2) is 0 Å². The Morgan fingerprint density at radius 3 is 2.46 bits per heavy atom. The predicted molar refractivity (Wildman–Crippen MR) is 122 cm³/mol. The number of para-hydroxylation sites is 2. The molecule has 0 saturated carbocycles. The van der Waals surface area contributed by atoms with Crippen LogP contribution in [-0.4, -0.2) is 10.5 Å². The maximum atomic E-state index is 5.87. The van der Waals surface area contributed by atoms with Crippen LogP contribution in [-0.2, 0) is 0 Å². The number of nitrogens with one attached hydrogen (secondary N) is 3. The van der Waals surface area contributed by atoms with Gasteiger partial charge in [-0.15, -0.1) is 0 Å². The first-order valence-electron chi connectivity index (χ1n) is 9.68. The van der Waals surface area contributed by atoms with Crippen molar-refractivity contribution in [3.63, 3.8) is 0 Å². The van der Waals surface area contributed by atoms with Crippen LogP contribution < -0.4 is 16.0 Å². The summed E-state index contributed by atoms with van der Waals surface area (Å²) in [6.07, 6.45) is 0.889. The molecule has 3 aromatic rings. The minimum absolute atomic E-state index is 0.0200. The Labute approximate surface area is 170 Å². The molecule has 0 fully saturated rings. The third-order valence-corrected chi connectivity index (χ3v) is 5.90. The van der Waals surface area contributed by atoms with Gasteiger partial charge in [-0.05, 0) is 42.3 Å². The monoisotopic (exact) mass is 385 g/mol. The average Bonchev–Trinajstić information content (AvgIpc) is 2.83. The van der Waals surface area contributed by atoms with Gasteiger partial charge in [-0.2, -0.15) is 0 Å². The predicted octanol–water partition coefficient (Wildman–Crippen LogP) is 5.77. The number of benzene rings is 3. The van der Waals surface area contributed by atoms with Crippen LogP contribution in [0.3, 0.4) is 0 Å². The Balaban J connectivity index is 1.76. The molecular formula is C24H23N3S. The summed E-state index contributed by atoms with van der Waals surface area (Å²) in [6.45, 7) is 4.39. The van der Waals surface area contributed by atoms with Crippen molar-refractivity contribution in [3.8, 4) is 0 Å². The summed E-state index contributed by atoms with van der Waals surface area (Å²) < 4.78 is 0. The SMILES string of the molecule is CC1(C)CC2=C(C(=S)N1)C(c1cccc3ccccc13)Nc1ccccc1N2. The van der Waals surface area contributed by atoms with Crippen LogP contribution >= 0.6 is 12.2 Å². The van der Waals surface area contributed by atoms with E-state index in [1.807, 2.05) is 0 Å². The first kappa shape index (κ1) is 17.3. The number of hydrogen-bond donors (Lipinski definition) is 3. The second-order valence-electron chi connectivity index (χ2n) is 8.22. The number of fused-ring (bicyclic) bond motifs is 2. The van der Waals surface area contributed by atoms with Gasteiger partial charge in [0.1, 0.15) is 4.99 Å². The van der Waals surface area contributed by atoms with E-state index in [1.165, 1.54) is 22.0 Å². The van der Waals surface area contributed by atoms with Gasteiger partial charge in [-0.3, -0.25) is 0 Å². The van der Waals surface area contributed by atoms with Crippen LogP contribution in [0, 0.1) is 0 Å². The van der Waals surface area contributed by atoms with Crippen molar-refractivity contribution in [1.29, 1.82) is 0 Å². The molecule has 0 amide bonds. The molecule has 3 nitrogen and oxygen atoms in total. The van der Waals surface area contributed by atoms with Gasteiger partial charge in [-0.1, -0.05) is 66.8 Å². The van der Waals surface area contributed by atoms with Gasteiger partial charge in [0.05, 0.1) is 17.4 Å². The van der Waals surface area contributed by atoms with E-state index < -0.39 is 0 Å². The molecule has 140 valence electrons. The van der Waals surface area contributed by atoms with E-state index in [9.17, 15) is 0 Å². The molecular weight excluding hydrogens is 362 g/mol. The topological polar surface area (TPSA) is 36.1 Å². The highest BCUT2D eigenvalue weighted by Gasteiger charge is 2.36. The quantitative estimate of drug-likeness (QED) is 0.465. The summed E-state index contributed by atoms with van der Waals surface area (Å²) >= 11 is 5.87. The maximum absolute atomic E-state index is 5.87. The molecule has 0 saturated heterocycles. The highest BCUT2D eigenvalue weighted by molar-refractivity contribution is 7.80. The summed E-state index contributed by atoms with van der Waals surface area (Å²) in [4.78, 5) is 0.817. The fourth-order valence-electron chi connectivity index (χ4n) is 4.35. The lowest BCUT2D eigenvalue weighted by atomic mass is 9.85. The first-order chi connectivity index (χ1) is 13.5. The van der Waals surface area contributed by atoms with Crippen LogP contribution in [0.15, 0.2) is 78.0 Å². The van der Waals surface area contributed by atoms with E-state index >= 15 is 0 Å². The summed E-state index contributed by atoms with van der Waals surface area (Å²) in [5.41, 5.74) is 5.69. The Kier molecular flexibility index (Phi) is 3.91. The molecule has 0 radical (unpaired) electrons. The summed E-state index contributed by atoms with van der Waals surface area (Å²) in [5, 5.41) is 13.5. The van der Waals surface area contributed by atoms with Gasteiger partial charge < -0.3 is 16.0 Å². The average molecular weight is 386 g/mol. The van der Waals surface area contributed by atoms with Crippen LogP contribution in [0.2, 0.25) is 0 Å². The zero-order valence-electron chi connectivity index (χ0n) is 16.0. The second kappa shape index (κ2) is 6.35. The van der Waals surface area contributed by atoms with Crippen molar-refractivity contribution in [1.82, 2.24) is 5.32 Å². The fourth-order valence-corrected chi connectivity index (χ4v) is 4.87. The maximum Gasteiger partial charge on any atom is 0.107 e. The fraction of sp³-hybridized carbons (Fsp3) is 0.208. The normalized spacial score (nSPS) is 20.4. The minimum Gasteiger partial charge on any atom is -0.372 e. The van der Waals surface area contributed by atoms with E-state index in [-0.39, 0.29) is 11.6 Å². The van der Waals surface area contributed by atoms with Gasteiger partial charge in [0, 0.05) is 23.2 Å². The number of rotatable bonds is 1. The van der Waals surface area contributed by atoms with Gasteiger partial charge in [-0.25, -0.2) is 0 Å². The molecule has 5 rings (SSSR count). The van der Waals surface area contributed by atoms with E-state index in [2.05, 4.69) is 96.5 Å². The second-order valence-corrected chi connectivity index (χ2v) is 8.63. The van der Waals surface area contributed by atoms with E-state index in [0.717, 1.165) is 28.4 Å². The molecule has 28 heavy (non-hydrogen) atoms. The standard InChI is InChI=1S/C24H23N3S/c1-24(2)14-20-21(23(28)27-24)22(26-19-13-6-5-12-18(19)25-20)17-11-7-9-15-8-3-4-10-16(15)17/h3-13,22,25-26H,14H2,1-2H3,(H,27,28). The molecule has 2 aliphatic rings. The molecule has 2 aliphatic heterocycles. The lowest BCUT2D eigenvalue weighted by Crippen LogP contribution is -2.49. The molecule has 0 aliphatic carbocycles. The molecule has 1 atom stereocenters. The molecule has 0 spiro atoms. The Bertz CT molecular complexity index is 1120. The number of anilines is 2. The molecule has 2 heterocycles. The Hall–Kier alpha value is -2.85. The van der Waals surface area contributed by atoms with Crippen molar-refractivity contribution in [3.05, 3.63) is 83.6 Å². The number of hydrogen-bond acceptors (Lipinski definition) is 3. The largest absolute Gasteiger partial charge is 0.372 e. The van der Waals surface area contributed by atoms with Crippen molar-refractivity contribution in [2.75, 3.05) is 10.6 Å². The third-order valence-electron chi connectivity index (χ3n) is 5.58. The van der Waals surface area contributed by atoms with Gasteiger partial charge in [0.2, 0.25) is 0 Å². The molecule has 0 bridgehead atoms. The highest BCUT2D eigenvalue weighted by Crippen LogP contribution is 2.42. The van der Waals surface area contributed by atoms with Crippen LogP contribution in [0.5, 0.6) is 0 Å². The summed E-state index contributed by atoms with van der Waals surface area (Å²) in [6, 6.07) is 23.4. The van der Waals surface area contributed by atoms with E-state index in [4.69, 9.17) is 12.2 Å².